The second-order valence-electron chi connectivity index (χ2n) is 6.62. The predicted octanol–water partition coefficient (Wildman–Crippen LogP) is 3.97. The largest absolute Gasteiger partial charge is 0.456 e. The van der Waals surface area contributed by atoms with E-state index in [4.69, 9.17) is 9.15 Å². The third-order valence-corrected chi connectivity index (χ3v) is 4.87. The molecule has 1 amide bonds. The molecule has 3 aromatic rings. The maximum absolute atomic E-state index is 12.8. The van der Waals surface area contributed by atoms with Gasteiger partial charge in [-0.2, -0.15) is 0 Å². The lowest BCUT2D eigenvalue weighted by molar-refractivity contribution is -0.135. The summed E-state index contributed by atoms with van der Waals surface area (Å²) < 4.78 is 10.9. The molecule has 1 heterocycles. The SMILES string of the molecule is CCN(C(=O)Cc1ccc2c(c1)oc1ccccc12)C(C=O)CCCOC. The van der Waals surface area contributed by atoms with Gasteiger partial charge in [-0.15, -0.1) is 0 Å². The zero-order chi connectivity index (χ0) is 19.2. The van der Waals surface area contributed by atoms with Gasteiger partial charge in [0.1, 0.15) is 17.5 Å². The van der Waals surface area contributed by atoms with Gasteiger partial charge < -0.3 is 18.8 Å². The number of carbonyl (C=O) groups is 2. The lowest BCUT2D eigenvalue weighted by atomic mass is 10.1. The Bertz CT molecular complexity index is 930. The summed E-state index contributed by atoms with van der Waals surface area (Å²) in [5.74, 6) is -0.0533. The molecule has 27 heavy (non-hydrogen) atoms. The summed E-state index contributed by atoms with van der Waals surface area (Å²) in [6, 6.07) is 13.4. The number of likely N-dealkylation sites (N-methyl/N-ethyl adjacent to an activating group) is 1. The summed E-state index contributed by atoms with van der Waals surface area (Å²) in [4.78, 5) is 25.9. The van der Waals surface area contributed by atoms with Crippen molar-refractivity contribution >= 4 is 34.1 Å². The summed E-state index contributed by atoms with van der Waals surface area (Å²) in [7, 11) is 1.63. The van der Waals surface area contributed by atoms with Crippen molar-refractivity contribution < 1.29 is 18.7 Å². The van der Waals surface area contributed by atoms with Crippen molar-refractivity contribution in [1.29, 1.82) is 0 Å². The first-order valence-electron chi connectivity index (χ1n) is 9.31. The van der Waals surface area contributed by atoms with Crippen LogP contribution in [0.25, 0.3) is 21.9 Å². The molecule has 2 aromatic carbocycles. The Balaban J connectivity index is 1.77. The van der Waals surface area contributed by atoms with Crippen molar-refractivity contribution in [1.82, 2.24) is 4.90 Å². The minimum atomic E-state index is -0.410. The Morgan fingerprint density at radius 3 is 2.70 bits per heavy atom. The third kappa shape index (κ3) is 4.19. The van der Waals surface area contributed by atoms with Gasteiger partial charge in [0.15, 0.2) is 0 Å². The first-order valence-corrected chi connectivity index (χ1v) is 9.31. The van der Waals surface area contributed by atoms with E-state index in [0.717, 1.165) is 40.2 Å². The summed E-state index contributed by atoms with van der Waals surface area (Å²) in [5.41, 5.74) is 2.49. The Kier molecular flexibility index (Phi) is 6.24. The van der Waals surface area contributed by atoms with Crippen molar-refractivity contribution in [2.75, 3.05) is 20.3 Å². The number of amides is 1. The number of methoxy groups -OCH3 is 1. The van der Waals surface area contributed by atoms with E-state index in [0.29, 0.717) is 19.6 Å². The number of hydrogen-bond donors (Lipinski definition) is 0. The van der Waals surface area contributed by atoms with Crippen LogP contribution in [-0.4, -0.2) is 43.4 Å². The zero-order valence-corrected chi connectivity index (χ0v) is 15.8. The van der Waals surface area contributed by atoms with E-state index in [-0.39, 0.29) is 12.3 Å². The first-order chi connectivity index (χ1) is 13.2. The highest BCUT2D eigenvalue weighted by molar-refractivity contribution is 6.05. The van der Waals surface area contributed by atoms with Crippen LogP contribution in [0.1, 0.15) is 25.3 Å². The number of rotatable bonds is 9. The molecule has 0 saturated carbocycles. The Labute approximate surface area is 158 Å². The number of aldehydes is 1. The topological polar surface area (TPSA) is 59.8 Å². The standard InChI is InChI=1S/C22H25NO4/c1-3-23(17(15-24)7-6-12-26-2)22(25)14-16-10-11-19-18-8-4-5-9-20(18)27-21(19)13-16/h4-5,8-11,13,15,17H,3,6-7,12,14H2,1-2H3. The van der Waals surface area contributed by atoms with Crippen LogP contribution < -0.4 is 0 Å². The smallest absolute Gasteiger partial charge is 0.227 e. The van der Waals surface area contributed by atoms with Gasteiger partial charge in [-0.25, -0.2) is 0 Å². The normalized spacial score (nSPS) is 12.4. The second-order valence-corrected chi connectivity index (χ2v) is 6.62. The molecule has 0 radical (unpaired) electrons. The fraction of sp³-hybridized carbons (Fsp3) is 0.364. The number of carbonyl (C=O) groups excluding carboxylic acids is 2. The fourth-order valence-electron chi connectivity index (χ4n) is 3.49. The molecule has 0 spiro atoms. The lowest BCUT2D eigenvalue weighted by Gasteiger charge is -2.27. The van der Waals surface area contributed by atoms with Crippen LogP contribution in [0.4, 0.5) is 0 Å². The van der Waals surface area contributed by atoms with E-state index in [2.05, 4.69) is 0 Å². The van der Waals surface area contributed by atoms with E-state index in [9.17, 15) is 9.59 Å². The second kappa shape index (κ2) is 8.82. The van der Waals surface area contributed by atoms with E-state index in [1.54, 1.807) is 12.0 Å². The molecule has 1 atom stereocenters. The summed E-state index contributed by atoms with van der Waals surface area (Å²) in [6.45, 7) is 2.98. The number of hydrogen-bond acceptors (Lipinski definition) is 4. The Morgan fingerprint density at radius 2 is 1.96 bits per heavy atom. The van der Waals surface area contributed by atoms with Crippen molar-refractivity contribution in [2.45, 2.75) is 32.2 Å². The molecule has 3 rings (SSSR count). The number of ether oxygens (including phenoxy) is 1. The van der Waals surface area contributed by atoms with Crippen molar-refractivity contribution in [3.05, 3.63) is 48.0 Å². The molecule has 0 aliphatic carbocycles. The molecule has 1 aromatic heterocycles. The van der Waals surface area contributed by atoms with E-state index >= 15 is 0 Å². The van der Waals surface area contributed by atoms with Crippen LogP contribution in [0, 0.1) is 0 Å². The van der Waals surface area contributed by atoms with Gasteiger partial charge in [0, 0.05) is 31.0 Å². The van der Waals surface area contributed by atoms with Gasteiger partial charge in [-0.1, -0.05) is 30.3 Å². The van der Waals surface area contributed by atoms with Crippen LogP contribution in [-0.2, 0) is 20.7 Å². The minimum Gasteiger partial charge on any atom is -0.456 e. The van der Waals surface area contributed by atoms with Crippen LogP contribution in [0.3, 0.4) is 0 Å². The number of nitrogens with zero attached hydrogens (tertiary/aromatic N) is 1. The number of para-hydroxylation sites is 1. The summed E-state index contributed by atoms with van der Waals surface area (Å²) in [6.07, 6.45) is 2.46. The maximum atomic E-state index is 12.8. The third-order valence-electron chi connectivity index (χ3n) is 4.87. The molecule has 5 heteroatoms. The van der Waals surface area contributed by atoms with E-state index < -0.39 is 6.04 Å². The van der Waals surface area contributed by atoms with Gasteiger partial charge in [0.25, 0.3) is 0 Å². The molecular formula is C22H25NO4. The van der Waals surface area contributed by atoms with Crippen LogP contribution in [0.2, 0.25) is 0 Å². The Hall–Kier alpha value is -2.66. The fourth-order valence-corrected chi connectivity index (χ4v) is 3.49. The highest BCUT2D eigenvalue weighted by Crippen LogP contribution is 2.29. The van der Waals surface area contributed by atoms with Crippen molar-refractivity contribution in [3.63, 3.8) is 0 Å². The highest BCUT2D eigenvalue weighted by atomic mass is 16.5. The first kappa shape index (κ1) is 19.1. The number of benzene rings is 2. The number of fused-ring (bicyclic) bond motifs is 3. The monoisotopic (exact) mass is 367 g/mol. The van der Waals surface area contributed by atoms with Crippen LogP contribution in [0.5, 0.6) is 0 Å². The number of furan rings is 1. The molecule has 1 unspecified atom stereocenters. The predicted molar refractivity (Wildman–Crippen MR) is 106 cm³/mol. The van der Waals surface area contributed by atoms with Gasteiger partial charge in [0.2, 0.25) is 5.91 Å². The molecule has 0 saturated heterocycles. The van der Waals surface area contributed by atoms with Crippen molar-refractivity contribution in [3.8, 4) is 0 Å². The Morgan fingerprint density at radius 1 is 1.19 bits per heavy atom. The van der Waals surface area contributed by atoms with Gasteiger partial charge in [0.05, 0.1) is 12.5 Å². The minimum absolute atomic E-state index is 0.0533. The molecular weight excluding hydrogens is 342 g/mol. The van der Waals surface area contributed by atoms with Crippen molar-refractivity contribution in [2.24, 2.45) is 0 Å². The van der Waals surface area contributed by atoms with E-state index in [1.165, 1.54) is 0 Å². The van der Waals surface area contributed by atoms with Crippen LogP contribution >= 0.6 is 0 Å². The van der Waals surface area contributed by atoms with Gasteiger partial charge in [-0.05, 0) is 37.5 Å². The molecule has 0 aliphatic rings. The maximum Gasteiger partial charge on any atom is 0.227 e. The molecule has 0 N–H and O–H groups in total. The summed E-state index contributed by atoms with van der Waals surface area (Å²) >= 11 is 0. The molecule has 0 fully saturated rings. The van der Waals surface area contributed by atoms with Gasteiger partial charge in [-0.3, -0.25) is 4.79 Å². The molecule has 0 bridgehead atoms. The summed E-state index contributed by atoms with van der Waals surface area (Å²) in [5, 5.41) is 2.11. The zero-order valence-electron chi connectivity index (χ0n) is 15.8. The average Bonchev–Trinajstić information content (AvgIpc) is 3.05. The molecule has 0 aliphatic heterocycles. The van der Waals surface area contributed by atoms with Crippen LogP contribution in [0.15, 0.2) is 46.9 Å². The van der Waals surface area contributed by atoms with Gasteiger partial charge >= 0.3 is 0 Å². The average molecular weight is 367 g/mol. The lowest BCUT2D eigenvalue weighted by Crippen LogP contribution is -2.42. The quantitative estimate of drug-likeness (QED) is 0.424. The molecule has 5 nitrogen and oxygen atoms in total. The van der Waals surface area contributed by atoms with E-state index in [1.807, 2.05) is 49.4 Å². The molecule has 142 valence electrons. The highest BCUT2D eigenvalue weighted by Gasteiger charge is 2.22.